The van der Waals surface area contributed by atoms with Gasteiger partial charge in [-0.3, -0.25) is 0 Å². The first-order valence-electron chi connectivity index (χ1n) is 11.6. The maximum atomic E-state index is 9.81. The van der Waals surface area contributed by atoms with Gasteiger partial charge in [0.15, 0.2) is 5.82 Å². The van der Waals surface area contributed by atoms with Gasteiger partial charge in [-0.1, -0.05) is 36.0 Å². The number of aliphatic hydroxyl groups excluding tert-OH is 1. The molecule has 0 radical (unpaired) electrons. The van der Waals surface area contributed by atoms with Crippen LogP contribution in [0.15, 0.2) is 52.4 Å². The highest BCUT2D eigenvalue weighted by Gasteiger charge is 2.47. The molecule has 0 saturated heterocycles. The average Bonchev–Trinajstić information content (AvgIpc) is 3.56. The first-order chi connectivity index (χ1) is 15.8. The summed E-state index contributed by atoms with van der Waals surface area (Å²) in [6.07, 6.45) is 8.68. The molecule has 2 aliphatic rings. The number of hydrogen-bond donors (Lipinski definition) is 3. The standard InChI is InChI=1S/C25H34N6O2/c1-16(27)28-15-18(14-26)17-4-6-19(7-5-17)25(2,20-8-9-20)23-29-24(33-30-23)31(3)21-10-12-22(32)13-11-21/h4-7,14-15,20-22,32H,1,8-13,26-27H2,2-3H3/b18-14+,28-15?. The third kappa shape index (κ3) is 4.80. The molecule has 8 heteroatoms. The van der Waals surface area contributed by atoms with Crippen LogP contribution in [0.25, 0.3) is 5.57 Å². The lowest BCUT2D eigenvalue weighted by Gasteiger charge is -2.31. The molecule has 33 heavy (non-hydrogen) atoms. The fourth-order valence-electron chi connectivity index (χ4n) is 4.75. The van der Waals surface area contributed by atoms with Crippen LogP contribution in [0.4, 0.5) is 6.01 Å². The molecule has 2 aliphatic carbocycles. The third-order valence-corrected chi connectivity index (χ3v) is 7.16. The van der Waals surface area contributed by atoms with Crippen LogP contribution in [0.3, 0.4) is 0 Å². The molecule has 0 aliphatic heterocycles. The van der Waals surface area contributed by atoms with Crippen LogP contribution >= 0.6 is 0 Å². The van der Waals surface area contributed by atoms with Crippen molar-refractivity contribution in [2.24, 2.45) is 22.4 Å². The van der Waals surface area contributed by atoms with Crippen LogP contribution in [0.1, 0.15) is 62.4 Å². The highest BCUT2D eigenvalue weighted by molar-refractivity contribution is 6.09. The van der Waals surface area contributed by atoms with E-state index in [1.54, 1.807) is 6.21 Å². The first-order valence-corrected chi connectivity index (χ1v) is 11.6. The van der Waals surface area contributed by atoms with Gasteiger partial charge in [0.05, 0.1) is 11.5 Å². The van der Waals surface area contributed by atoms with Gasteiger partial charge in [0.1, 0.15) is 5.82 Å². The van der Waals surface area contributed by atoms with Crippen molar-refractivity contribution in [3.8, 4) is 0 Å². The number of benzene rings is 1. The molecule has 1 aromatic carbocycles. The van der Waals surface area contributed by atoms with Gasteiger partial charge < -0.3 is 26.0 Å². The monoisotopic (exact) mass is 450 g/mol. The Labute approximate surface area is 195 Å². The minimum atomic E-state index is -0.337. The Hall–Kier alpha value is -3.13. The number of rotatable bonds is 8. The Morgan fingerprint density at radius 3 is 2.45 bits per heavy atom. The van der Waals surface area contributed by atoms with Gasteiger partial charge >= 0.3 is 6.01 Å². The van der Waals surface area contributed by atoms with Gasteiger partial charge in [-0.2, -0.15) is 4.98 Å². The minimum Gasteiger partial charge on any atom is -0.404 e. The van der Waals surface area contributed by atoms with Crippen LogP contribution in [-0.4, -0.2) is 40.7 Å². The van der Waals surface area contributed by atoms with E-state index in [1.165, 1.54) is 6.20 Å². The summed E-state index contributed by atoms with van der Waals surface area (Å²) in [6, 6.07) is 9.11. The molecular formula is C25H34N6O2. The molecule has 0 amide bonds. The summed E-state index contributed by atoms with van der Waals surface area (Å²) in [5.41, 5.74) is 13.8. The Kier molecular flexibility index (Phi) is 6.56. The lowest BCUT2D eigenvalue weighted by Crippen LogP contribution is -2.36. The number of nitrogens with zero attached hydrogens (tertiary/aromatic N) is 4. The van der Waals surface area contributed by atoms with E-state index in [4.69, 9.17) is 21.0 Å². The summed E-state index contributed by atoms with van der Waals surface area (Å²) in [5.74, 6) is 1.41. The number of allylic oxidation sites excluding steroid dienone is 1. The number of aliphatic hydroxyl groups is 1. The summed E-state index contributed by atoms with van der Waals surface area (Å²) in [5, 5.41) is 14.2. The molecule has 5 N–H and O–H groups in total. The second-order valence-electron chi connectivity index (χ2n) is 9.40. The number of aliphatic imine (C=N–C) groups is 1. The molecule has 0 bridgehead atoms. The van der Waals surface area contributed by atoms with E-state index in [2.05, 4.69) is 40.7 Å². The lowest BCUT2D eigenvalue weighted by molar-refractivity contribution is 0.121. The van der Waals surface area contributed by atoms with Crippen LogP contribution in [0.2, 0.25) is 0 Å². The number of hydrogen-bond acceptors (Lipinski definition) is 8. The zero-order valence-corrected chi connectivity index (χ0v) is 19.4. The van der Waals surface area contributed by atoms with Crippen molar-refractivity contribution in [2.75, 3.05) is 11.9 Å². The van der Waals surface area contributed by atoms with Crippen LogP contribution in [-0.2, 0) is 5.41 Å². The van der Waals surface area contributed by atoms with Crippen LogP contribution in [0, 0.1) is 5.92 Å². The van der Waals surface area contributed by atoms with Crippen LogP contribution < -0.4 is 16.4 Å². The second-order valence-corrected chi connectivity index (χ2v) is 9.40. The van der Waals surface area contributed by atoms with Crippen molar-refractivity contribution in [2.45, 2.75) is 63.0 Å². The highest BCUT2D eigenvalue weighted by atomic mass is 16.5. The second kappa shape index (κ2) is 9.39. The van der Waals surface area contributed by atoms with Gasteiger partial charge in [-0.15, -0.1) is 0 Å². The minimum absolute atomic E-state index is 0.191. The summed E-state index contributed by atoms with van der Waals surface area (Å²) in [4.78, 5) is 11.0. The maximum absolute atomic E-state index is 9.81. The number of anilines is 1. The number of aromatic nitrogens is 2. The molecule has 4 rings (SSSR count). The predicted molar refractivity (Wildman–Crippen MR) is 131 cm³/mol. The fraction of sp³-hybridized carbons (Fsp3) is 0.480. The van der Waals surface area contributed by atoms with E-state index < -0.39 is 0 Å². The van der Waals surface area contributed by atoms with Crippen molar-refractivity contribution < 1.29 is 9.63 Å². The SMILES string of the molecule is C=C(N)N=C/C(=C\N)c1ccc(C(C)(c2noc(N(C)C3CCC(O)CC3)n2)C2CC2)cc1. The number of nitrogens with two attached hydrogens (primary N) is 2. The Morgan fingerprint density at radius 2 is 1.88 bits per heavy atom. The van der Waals surface area contributed by atoms with Gasteiger partial charge in [0, 0.05) is 31.1 Å². The lowest BCUT2D eigenvalue weighted by atomic mass is 9.76. The average molecular weight is 451 g/mol. The molecule has 2 fully saturated rings. The fourth-order valence-corrected chi connectivity index (χ4v) is 4.75. The van der Waals surface area contributed by atoms with Crippen molar-refractivity contribution in [1.29, 1.82) is 0 Å². The molecule has 1 heterocycles. The molecule has 2 saturated carbocycles. The van der Waals surface area contributed by atoms with E-state index in [-0.39, 0.29) is 17.3 Å². The Bertz CT molecular complexity index is 1030. The molecule has 8 nitrogen and oxygen atoms in total. The normalized spacial score (nSPS) is 23.4. The molecule has 176 valence electrons. The molecule has 0 spiro atoms. The molecule has 1 atom stereocenters. The summed E-state index contributed by atoms with van der Waals surface area (Å²) in [7, 11) is 2.00. The van der Waals surface area contributed by atoms with E-state index >= 15 is 0 Å². The van der Waals surface area contributed by atoms with Gasteiger partial charge in [0.2, 0.25) is 0 Å². The zero-order valence-electron chi connectivity index (χ0n) is 19.4. The molecule has 1 unspecified atom stereocenters. The van der Waals surface area contributed by atoms with Crippen molar-refractivity contribution >= 4 is 17.8 Å². The van der Waals surface area contributed by atoms with Gasteiger partial charge in [-0.25, -0.2) is 4.99 Å². The first kappa shape index (κ1) is 23.0. The van der Waals surface area contributed by atoms with E-state index in [0.717, 1.165) is 55.2 Å². The van der Waals surface area contributed by atoms with E-state index in [1.807, 2.05) is 19.2 Å². The smallest absolute Gasteiger partial charge is 0.324 e. The topological polar surface area (TPSA) is 127 Å². The largest absolute Gasteiger partial charge is 0.404 e. The van der Waals surface area contributed by atoms with Crippen molar-refractivity contribution in [3.63, 3.8) is 0 Å². The van der Waals surface area contributed by atoms with Crippen LogP contribution in [0.5, 0.6) is 0 Å². The summed E-state index contributed by atoms with van der Waals surface area (Å²) in [6.45, 7) is 5.78. The quantitative estimate of drug-likeness (QED) is 0.527. The highest BCUT2D eigenvalue weighted by Crippen LogP contribution is 2.50. The zero-order chi connectivity index (χ0) is 23.6. The Balaban J connectivity index is 1.58. The Morgan fingerprint density at radius 1 is 1.21 bits per heavy atom. The third-order valence-electron chi connectivity index (χ3n) is 7.16. The molecule has 2 aromatic rings. The predicted octanol–water partition coefficient (Wildman–Crippen LogP) is 3.33. The van der Waals surface area contributed by atoms with Gasteiger partial charge in [0.25, 0.3) is 0 Å². The van der Waals surface area contributed by atoms with Crippen molar-refractivity contribution in [1.82, 2.24) is 10.1 Å². The summed E-state index contributed by atoms with van der Waals surface area (Å²) >= 11 is 0. The summed E-state index contributed by atoms with van der Waals surface area (Å²) < 4.78 is 5.72. The maximum Gasteiger partial charge on any atom is 0.324 e. The van der Waals surface area contributed by atoms with Crippen molar-refractivity contribution in [3.05, 3.63) is 59.8 Å². The van der Waals surface area contributed by atoms with E-state index in [9.17, 15) is 5.11 Å². The van der Waals surface area contributed by atoms with Gasteiger partial charge in [-0.05, 0) is 62.5 Å². The molecular weight excluding hydrogens is 416 g/mol. The molecule has 1 aromatic heterocycles. The van der Waals surface area contributed by atoms with E-state index in [0.29, 0.717) is 23.8 Å².